The van der Waals surface area contributed by atoms with Crippen LogP contribution >= 0.6 is 0 Å². The van der Waals surface area contributed by atoms with Crippen molar-refractivity contribution in [3.05, 3.63) is 53.3 Å². The highest BCUT2D eigenvalue weighted by Gasteiger charge is 2.35. The zero-order valence-electron chi connectivity index (χ0n) is 13.4. The van der Waals surface area contributed by atoms with Gasteiger partial charge in [-0.25, -0.2) is 0 Å². The second-order valence-corrected chi connectivity index (χ2v) is 6.16. The Bertz CT molecular complexity index is 698. The van der Waals surface area contributed by atoms with E-state index in [-0.39, 0.29) is 6.04 Å². The van der Waals surface area contributed by atoms with Gasteiger partial charge in [0.25, 0.3) is 0 Å². The van der Waals surface area contributed by atoms with Crippen molar-refractivity contribution in [2.24, 2.45) is 0 Å². The minimum Gasteiger partial charge on any atom is -0.392 e. The summed E-state index contributed by atoms with van der Waals surface area (Å²) in [6.45, 7) is 3.75. The van der Waals surface area contributed by atoms with Gasteiger partial charge >= 0.3 is 6.18 Å². The average molecular weight is 339 g/mol. The van der Waals surface area contributed by atoms with Crippen molar-refractivity contribution in [3.63, 3.8) is 0 Å². The van der Waals surface area contributed by atoms with Gasteiger partial charge in [-0.3, -0.25) is 9.58 Å². The molecule has 2 heterocycles. The Balaban J connectivity index is 1.82. The van der Waals surface area contributed by atoms with Crippen LogP contribution in [0.1, 0.15) is 36.1 Å². The van der Waals surface area contributed by atoms with Crippen LogP contribution in [0.5, 0.6) is 0 Å². The molecule has 0 amide bonds. The highest BCUT2D eigenvalue weighted by atomic mass is 19.4. The predicted octanol–water partition coefficient (Wildman–Crippen LogP) is 3.23. The lowest BCUT2D eigenvalue weighted by Gasteiger charge is -2.24. The average Bonchev–Trinajstić information content (AvgIpc) is 3.13. The maximum absolute atomic E-state index is 12.9. The molecular formula is C17H20F3N3O. The third-order valence-corrected chi connectivity index (χ3v) is 4.38. The van der Waals surface area contributed by atoms with Crippen molar-refractivity contribution in [1.29, 1.82) is 0 Å². The molecule has 2 aromatic rings. The number of hydrogen-bond donors (Lipinski definition) is 1. The van der Waals surface area contributed by atoms with Gasteiger partial charge in [-0.15, -0.1) is 0 Å². The molecule has 0 bridgehead atoms. The zero-order chi connectivity index (χ0) is 17.3. The van der Waals surface area contributed by atoms with Crippen molar-refractivity contribution in [2.45, 2.75) is 44.8 Å². The molecule has 1 aliphatic rings. The lowest BCUT2D eigenvalue weighted by molar-refractivity contribution is -0.137. The summed E-state index contributed by atoms with van der Waals surface area (Å²) < 4.78 is 40.6. The molecule has 4 nitrogen and oxygen atoms in total. The lowest BCUT2D eigenvalue weighted by atomic mass is 10.0. The minimum absolute atomic E-state index is 0.229. The fourth-order valence-electron chi connectivity index (χ4n) is 3.22. The van der Waals surface area contributed by atoms with E-state index < -0.39 is 17.8 Å². The van der Waals surface area contributed by atoms with E-state index in [1.165, 1.54) is 12.1 Å². The molecule has 1 aliphatic heterocycles. The number of alkyl halides is 3. The van der Waals surface area contributed by atoms with Crippen LogP contribution in [-0.4, -0.2) is 32.4 Å². The number of hydrogen-bond acceptors (Lipinski definition) is 3. The summed E-state index contributed by atoms with van der Waals surface area (Å²) in [6.07, 6.45) is -0.778. The molecule has 1 N–H and O–H groups in total. The quantitative estimate of drug-likeness (QED) is 0.930. The summed E-state index contributed by atoms with van der Waals surface area (Å²) in [5.41, 5.74) is 0.923. The Morgan fingerprint density at radius 2 is 2.12 bits per heavy atom. The number of likely N-dealkylation sites (tertiary alicyclic amines) is 1. The van der Waals surface area contributed by atoms with Gasteiger partial charge in [-0.05, 0) is 31.0 Å². The highest BCUT2D eigenvalue weighted by molar-refractivity contribution is 5.29. The molecule has 1 fully saturated rings. The normalized spacial score (nSPS) is 22.2. The Hall–Kier alpha value is -1.86. The number of nitrogens with zero attached hydrogens (tertiary/aromatic N) is 3. The molecular weight excluding hydrogens is 319 g/mol. The van der Waals surface area contributed by atoms with Crippen LogP contribution in [-0.2, 0) is 19.3 Å². The first-order valence-electron chi connectivity index (χ1n) is 7.97. The van der Waals surface area contributed by atoms with Crippen molar-refractivity contribution < 1.29 is 18.3 Å². The van der Waals surface area contributed by atoms with Gasteiger partial charge in [-0.2, -0.15) is 18.3 Å². The van der Waals surface area contributed by atoms with E-state index in [4.69, 9.17) is 0 Å². The predicted molar refractivity (Wildman–Crippen MR) is 83.1 cm³/mol. The Kier molecular flexibility index (Phi) is 4.64. The molecule has 3 rings (SSSR count). The van der Waals surface area contributed by atoms with Crippen LogP contribution in [0.25, 0.3) is 0 Å². The maximum Gasteiger partial charge on any atom is 0.416 e. The summed E-state index contributed by atoms with van der Waals surface area (Å²) in [6, 6.07) is 5.15. The van der Waals surface area contributed by atoms with Gasteiger partial charge in [-0.1, -0.05) is 12.1 Å². The Morgan fingerprint density at radius 1 is 1.33 bits per heavy atom. The van der Waals surface area contributed by atoms with Gasteiger partial charge in [0.1, 0.15) is 0 Å². The maximum atomic E-state index is 12.9. The fourth-order valence-corrected chi connectivity index (χ4v) is 3.22. The summed E-state index contributed by atoms with van der Waals surface area (Å²) in [5.74, 6) is 0. The summed E-state index contributed by atoms with van der Waals surface area (Å²) in [7, 11) is 0. The van der Waals surface area contributed by atoms with Crippen LogP contribution in [0, 0.1) is 0 Å². The molecule has 0 aliphatic carbocycles. The van der Waals surface area contributed by atoms with Crippen molar-refractivity contribution in [2.75, 3.05) is 6.54 Å². The van der Waals surface area contributed by atoms with Gasteiger partial charge < -0.3 is 5.11 Å². The fraction of sp³-hybridized carbons (Fsp3) is 0.471. The SMILES string of the molecule is CCn1cc(CN2C[C@H](O)C[C@@H]2c2cccc(C(F)(F)F)c2)cn1. The number of halogens is 3. The molecule has 1 saturated heterocycles. The molecule has 0 spiro atoms. The summed E-state index contributed by atoms with van der Waals surface area (Å²) in [4.78, 5) is 2.01. The van der Waals surface area contributed by atoms with E-state index >= 15 is 0 Å². The van der Waals surface area contributed by atoms with Crippen LogP contribution in [0.15, 0.2) is 36.7 Å². The molecule has 1 aromatic carbocycles. The third-order valence-electron chi connectivity index (χ3n) is 4.38. The number of aryl methyl sites for hydroxylation is 1. The molecule has 130 valence electrons. The van der Waals surface area contributed by atoms with E-state index in [0.717, 1.165) is 18.2 Å². The second-order valence-electron chi connectivity index (χ2n) is 6.16. The van der Waals surface area contributed by atoms with Crippen LogP contribution in [0.2, 0.25) is 0 Å². The van der Waals surface area contributed by atoms with Crippen LogP contribution < -0.4 is 0 Å². The van der Waals surface area contributed by atoms with Gasteiger partial charge in [0, 0.05) is 37.4 Å². The van der Waals surface area contributed by atoms with Crippen molar-refractivity contribution in [3.8, 4) is 0 Å². The Morgan fingerprint density at radius 3 is 2.79 bits per heavy atom. The third kappa shape index (κ3) is 3.62. The van der Waals surface area contributed by atoms with Gasteiger partial charge in [0.05, 0.1) is 17.9 Å². The Labute approximate surface area is 138 Å². The van der Waals surface area contributed by atoms with Gasteiger partial charge in [0.2, 0.25) is 0 Å². The van der Waals surface area contributed by atoms with Crippen LogP contribution in [0.3, 0.4) is 0 Å². The van der Waals surface area contributed by atoms with E-state index in [0.29, 0.717) is 25.1 Å². The summed E-state index contributed by atoms with van der Waals surface area (Å²) in [5, 5.41) is 14.2. The summed E-state index contributed by atoms with van der Waals surface area (Å²) >= 11 is 0. The number of benzene rings is 1. The molecule has 2 atom stereocenters. The van der Waals surface area contributed by atoms with Crippen molar-refractivity contribution in [1.82, 2.24) is 14.7 Å². The number of aromatic nitrogens is 2. The van der Waals surface area contributed by atoms with E-state index in [9.17, 15) is 18.3 Å². The molecule has 7 heteroatoms. The monoisotopic (exact) mass is 339 g/mol. The number of β-amino-alcohol motifs (C(OH)–C–C–N with tert-alkyl or cyclic N) is 1. The van der Waals surface area contributed by atoms with E-state index in [1.54, 1.807) is 16.9 Å². The smallest absolute Gasteiger partial charge is 0.392 e. The molecule has 24 heavy (non-hydrogen) atoms. The number of rotatable bonds is 4. The van der Waals surface area contributed by atoms with Crippen molar-refractivity contribution >= 4 is 0 Å². The molecule has 0 saturated carbocycles. The minimum atomic E-state index is -4.36. The zero-order valence-corrected chi connectivity index (χ0v) is 13.4. The molecule has 0 radical (unpaired) electrons. The molecule has 0 unspecified atom stereocenters. The first kappa shape index (κ1) is 17.0. The first-order chi connectivity index (χ1) is 11.4. The van der Waals surface area contributed by atoms with Gasteiger partial charge in [0.15, 0.2) is 0 Å². The van der Waals surface area contributed by atoms with E-state index in [2.05, 4.69) is 5.10 Å². The standard InChI is InChI=1S/C17H20F3N3O/c1-2-23-10-12(8-21-23)9-22-11-15(24)7-16(22)13-4-3-5-14(6-13)17(18,19)20/h3-6,8,10,15-16,24H,2,7,9,11H2,1H3/t15-,16-/m1/s1. The molecule has 1 aromatic heterocycles. The highest BCUT2D eigenvalue weighted by Crippen LogP contribution is 2.36. The number of aliphatic hydroxyl groups excluding tert-OH is 1. The van der Waals surface area contributed by atoms with E-state index in [1.807, 2.05) is 18.0 Å². The number of aliphatic hydroxyl groups is 1. The van der Waals surface area contributed by atoms with Crippen LogP contribution in [0.4, 0.5) is 13.2 Å². The first-order valence-corrected chi connectivity index (χ1v) is 7.97. The largest absolute Gasteiger partial charge is 0.416 e. The lowest BCUT2D eigenvalue weighted by Crippen LogP contribution is -2.24. The topological polar surface area (TPSA) is 41.3 Å². The second kappa shape index (κ2) is 6.57.